The predicted octanol–water partition coefficient (Wildman–Crippen LogP) is 4.68. The lowest BCUT2D eigenvalue weighted by atomic mass is 9.32. The van der Waals surface area contributed by atoms with Crippen molar-refractivity contribution in [3.63, 3.8) is 0 Å². The van der Waals surface area contributed by atoms with Gasteiger partial charge in [0.25, 0.3) is 10.2 Å². The summed E-state index contributed by atoms with van der Waals surface area (Å²) in [6.07, 6.45) is 10.7. The van der Waals surface area contributed by atoms with E-state index in [9.17, 15) is 20.2 Å². The van der Waals surface area contributed by atoms with E-state index in [1.807, 2.05) is 6.92 Å². The normalized spacial score (nSPS) is 37.9. The molecule has 31 heavy (non-hydrogen) atoms. The summed E-state index contributed by atoms with van der Waals surface area (Å²) >= 11 is 0. The van der Waals surface area contributed by atoms with Gasteiger partial charge in [-0.15, -0.1) is 20.2 Å². The lowest BCUT2D eigenvalue weighted by Gasteiger charge is -2.73. The van der Waals surface area contributed by atoms with E-state index in [0.717, 1.165) is 57.8 Å². The molecular weight excluding hydrogens is 402 g/mol. The van der Waals surface area contributed by atoms with Crippen LogP contribution in [-0.2, 0) is 9.68 Å². The second-order valence-electron chi connectivity index (χ2n) is 11.0. The SMILES string of the molecule is CCCC12CC3(CN)CC(CCC)(C1)CC(C(CC)C(CO[N+](=O)[O-])O[N+](=O)[O-])(C3)C2. The molecule has 178 valence electrons. The van der Waals surface area contributed by atoms with E-state index < -0.39 is 22.9 Å². The van der Waals surface area contributed by atoms with E-state index in [4.69, 9.17) is 10.6 Å². The van der Waals surface area contributed by atoms with E-state index in [-0.39, 0.29) is 27.6 Å². The third kappa shape index (κ3) is 4.47. The Labute approximate surface area is 184 Å². The highest BCUT2D eigenvalue weighted by atomic mass is 17.0. The number of nitrogens with zero attached hydrogens (tertiary/aromatic N) is 2. The van der Waals surface area contributed by atoms with Gasteiger partial charge in [-0.3, -0.25) is 0 Å². The van der Waals surface area contributed by atoms with E-state index in [1.165, 1.54) is 6.42 Å². The maximum atomic E-state index is 11.3. The molecule has 0 aromatic carbocycles. The van der Waals surface area contributed by atoms with Crippen LogP contribution in [0.2, 0.25) is 0 Å². The molecule has 0 aliphatic heterocycles. The van der Waals surface area contributed by atoms with E-state index >= 15 is 0 Å². The first kappa shape index (κ1) is 24.0. The van der Waals surface area contributed by atoms with Crippen LogP contribution < -0.4 is 5.73 Å². The van der Waals surface area contributed by atoms with Crippen molar-refractivity contribution in [3.05, 3.63) is 20.2 Å². The molecule has 4 fully saturated rings. The van der Waals surface area contributed by atoms with Crippen LogP contribution in [0.25, 0.3) is 0 Å². The molecule has 9 nitrogen and oxygen atoms in total. The highest BCUT2D eigenvalue weighted by Crippen LogP contribution is 2.77. The Balaban J connectivity index is 2.05. The molecule has 0 heterocycles. The molecule has 0 amide bonds. The molecule has 4 rings (SSSR count). The number of rotatable bonds is 13. The third-order valence-electron chi connectivity index (χ3n) is 8.67. The molecular formula is C22H39N3O6. The van der Waals surface area contributed by atoms with Gasteiger partial charge >= 0.3 is 0 Å². The molecule has 0 radical (unpaired) electrons. The monoisotopic (exact) mass is 441 g/mol. The van der Waals surface area contributed by atoms with Crippen molar-refractivity contribution in [1.29, 1.82) is 0 Å². The molecule has 4 saturated carbocycles. The Morgan fingerprint density at radius 1 is 0.871 bits per heavy atom. The van der Waals surface area contributed by atoms with Crippen LogP contribution in [-0.4, -0.2) is 29.4 Å². The molecule has 0 aromatic heterocycles. The van der Waals surface area contributed by atoms with Crippen LogP contribution in [0.5, 0.6) is 0 Å². The van der Waals surface area contributed by atoms with Crippen molar-refractivity contribution in [2.24, 2.45) is 33.3 Å². The van der Waals surface area contributed by atoms with Crippen LogP contribution in [0.3, 0.4) is 0 Å². The minimum absolute atomic E-state index is 0.0512. The Hall–Kier alpha value is -1.64. The number of hydrogen-bond donors (Lipinski definition) is 1. The van der Waals surface area contributed by atoms with E-state index in [1.54, 1.807) is 0 Å². The zero-order valence-electron chi connectivity index (χ0n) is 19.3. The van der Waals surface area contributed by atoms with Gasteiger partial charge < -0.3 is 15.4 Å². The molecule has 9 heteroatoms. The fraction of sp³-hybridized carbons (Fsp3) is 1.00. The zero-order valence-corrected chi connectivity index (χ0v) is 19.3. The molecule has 4 atom stereocenters. The van der Waals surface area contributed by atoms with Gasteiger partial charge in [-0.2, -0.15) is 0 Å². The maximum Gasteiger partial charge on any atom is 0.294 e. The Morgan fingerprint density at radius 3 is 1.81 bits per heavy atom. The van der Waals surface area contributed by atoms with E-state index in [2.05, 4.69) is 18.7 Å². The molecule has 4 bridgehead atoms. The van der Waals surface area contributed by atoms with Gasteiger partial charge in [-0.25, -0.2) is 0 Å². The van der Waals surface area contributed by atoms with Crippen molar-refractivity contribution in [3.8, 4) is 0 Å². The molecule has 4 aliphatic carbocycles. The Morgan fingerprint density at radius 2 is 1.39 bits per heavy atom. The van der Waals surface area contributed by atoms with E-state index in [0.29, 0.717) is 13.0 Å². The lowest BCUT2D eigenvalue weighted by molar-refractivity contribution is -0.792. The standard InChI is InChI=1S/C22H39N3O6/c1-4-7-19-10-20(8-5-2)12-21(11-19,16-23)15-22(13-19,14-20)17(6-3)18(31-25(28)29)9-30-24(26)27/h17-18H,4-16,23H2,1-3H3. The summed E-state index contributed by atoms with van der Waals surface area (Å²) in [5, 5.41) is 20.4. The number of hydrogen-bond acceptors (Lipinski definition) is 7. The first-order chi connectivity index (χ1) is 14.6. The predicted molar refractivity (Wildman–Crippen MR) is 115 cm³/mol. The Kier molecular flexibility index (Phi) is 6.75. The quantitative estimate of drug-likeness (QED) is 0.324. The zero-order chi connectivity index (χ0) is 22.9. The second-order valence-corrected chi connectivity index (χ2v) is 11.0. The van der Waals surface area contributed by atoms with Crippen LogP contribution in [0.4, 0.5) is 0 Å². The highest BCUT2D eigenvalue weighted by Gasteiger charge is 2.68. The lowest BCUT2D eigenvalue weighted by Crippen LogP contribution is -2.65. The van der Waals surface area contributed by atoms with Crippen molar-refractivity contribution < 1.29 is 19.8 Å². The van der Waals surface area contributed by atoms with Crippen LogP contribution in [0, 0.1) is 47.8 Å². The summed E-state index contributed by atoms with van der Waals surface area (Å²) in [5.74, 6) is -0.183. The molecule has 0 spiro atoms. The maximum absolute atomic E-state index is 11.3. The summed E-state index contributed by atoms with van der Waals surface area (Å²) in [4.78, 5) is 31.8. The van der Waals surface area contributed by atoms with Crippen molar-refractivity contribution >= 4 is 0 Å². The van der Waals surface area contributed by atoms with Gasteiger partial charge in [0.05, 0.1) is 0 Å². The molecule has 0 saturated heterocycles. The first-order valence-electron chi connectivity index (χ1n) is 11.9. The van der Waals surface area contributed by atoms with Gasteiger partial charge in [0.15, 0.2) is 0 Å². The average molecular weight is 442 g/mol. The number of nitrogens with two attached hydrogens (primary N) is 1. The van der Waals surface area contributed by atoms with Crippen molar-refractivity contribution in [2.45, 2.75) is 97.5 Å². The van der Waals surface area contributed by atoms with Crippen molar-refractivity contribution in [1.82, 2.24) is 0 Å². The molecule has 4 aliphatic rings. The average Bonchev–Trinajstić information content (AvgIpc) is 2.64. The second kappa shape index (κ2) is 8.71. The minimum atomic E-state index is -0.950. The summed E-state index contributed by atoms with van der Waals surface area (Å²) in [5.41, 5.74) is 6.74. The summed E-state index contributed by atoms with van der Waals surface area (Å²) in [6, 6.07) is 0. The highest BCUT2D eigenvalue weighted by molar-refractivity contribution is 5.19. The van der Waals surface area contributed by atoms with Crippen LogP contribution in [0.1, 0.15) is 91.4 Å². The van der Waals surface area contributed by atoms with Gasteiger partial charge in [-0.1, -0.05) is 40.0 Å². The first-order valence-corrected chi connectivity index (χ1v) is 11.9. The van der Waals surface area contributed by atoms with Crippen LogP contribution in [0.15, 0.2) is 0 Å². The summed E-state index contributed by atoms with van der Waals surface area (Å²) in [6.45, 7) is 6.70. The third-order valence-corrected chi connectivity index (χ3v) is 8.67. The van der Waals surface area contributed by atoms with Crippen LogP contribution >= 0.6 is 0 Å². The Bertz CT molecular complexity index is 664. The minimum Gasteiger partial charge on any atom is -0.330 e. The summed E-state index contributed by atoms with van der Waals surface area (Å²) in [7, 11) is 0. The largest absolute Gasteiger partial charge is 0.330 e. The van der Waals surface area contributed by atoms with Gasteiger partial charge in [-0.05, 0) is 85.5 Å². The molecule has 4 unspecified atom stereocenters. The smallest absolute Gasteiger partial charge is 0.294 e. The van der Waals surface area contributed by atoms with Gasteiger partial charge in [0, 0.05) is 0 Å². The van der Waals surface area contributed by atoms with Gasteiger partial charge in [0.2, 0.25) is 0 Å². The fourth-order valence-corrected chi connectivity index (χ4v) is 9.13. The molecule has 2 N–H and O–H groups in total. The van der Waals surface area contributed by atoms with Crippen molar-refractivity contribution in [2.75, 3.05) is 13.2 Å². The topological polar surface area (TPSA) is 131 Å². The summed E-state index contributed by atoms with van der Waals surface area (Å²) < 4.78 is 0. The molecule has 0 aromatic rings. The fourth-order valence-electron chi connectivity index (χ4n) is 9.13. The van der Waals surface area contributed by atoms with Gasteiger partial charge in [0.1, 0.15) is 12.7 Å².